The van der Waals surface area contributed by atoms with Crippen molar-refractivity contribution in [3.63, 3.8) is 0 Å². The van der Waals surface area contributed by atoms with E-state index in [0.29, 0.717) is 74.3 Å². The number of aliphatic hydroxyl groups is 7. The molecule has 644 valence electrons. The first-order valence-electron chi connectivity index (χ1n) is 35.7. The number of nitrogens with two attached hydrogens (primary N) is 2. The minimum Gasteiger partial charge on any atom is -0.396 e. The third-order valence-corrected chi connectivity index (χ3v) is 34.0. The fourth-order valence-corrected chi connectivity index (χ4v) is 23.0. The summed E-state index contributed by atoms with van der Waals surface area (Å²) in [6.07, 6.45) is -1.28. The molecular formula is C81H109Cl3N2O8S22. The normalized spacial score (nSPS) is 13.3. The van der Waals surface area contributed by atoms with Gasteiger partial charge in [0.05, 0.1) is 62.8 Å². The van der Waals surface area contributed by atoms with Gasteiger partial charge in [0.1, 0.15) is 0 Å². The van der Waals surface area contributed by atoms with Crippen molar-refractivity contribution >= 4 is 305 Å². The molecule has 116 heavy (non-hydrogen) atoms. The lowest BCUT2D eigenvalue weighted by molar-refractivity contribution is 0.223. The number of thioether (sulfide) groups is 10. The van der Waals surface area contributed by atoms with E-state index in [2.05, 4.69) is 282 Å². The van der Waals surface area contributed by atoms with E-state index < -0.39 is 12.2 Å². The number of hydrogen-bond acceptors (Lipinski definition) is 30. The highest BCUT2D eigenvalue weighted by Gasteiger charge is 2.20. The zero-order chi connectivity index (χ0) is 84.1. The maximum Gasteiger partial charge on any atom is 0.160 e. The standard InChI is InChI=1S/C22H30O4S5.C22H30S9.C18H20Cl2O2S3.C12H10S3.C3H5ClO.C2H6OS.CH4N2S.CH4/c23-9-11-27-13-17(25)15-29-19-1-5-21(6-2-19)31-22-7-3-20(4-8-22)30-16-18(26)14-28-12-10-24;23-9-11-27-21(13-25)15-29-17-1-5-19(6-2-17)31-20-7-3-18(4-8-20)30-16-22(14-26)28-12-10-24;19-9-13(21)11-23-15-1-5-17(6-2-15)25-18-7-3-16(4-8-18)24-12-14(22)10-20;13-9-1-5-11(6-2-9)15-12-7-3-10(14)4-8-12;4-1-3-2-5-3;3-1-2-4;2-1(3)4;/h1-8,17-18,23-26H,9-16H2;1-8,21-26H,9-16H2;1-8,13-14,21-22H,9-12H2;1-8,13-14H;3H,1-2H2;3-4H,1-2H2;(H4,2,3,4);1H4. The lowest BCUT2D eigenvalue weighted by Gasteiger charge is -2.13. The number of thiol groups is 7. The van der Waals surface area contributed by atoms with Crippen molar-refractivity contribution in [1.82, 2.24) is 0 Å². The Bertz CT molecular complexity index is 3450. The summed E-state index contributed by atoms with van der Waals surface area (Å²) in [5.74, 6) is 15.0. The number of benzene rings is 8. The Hall–Kier alpha value is 1.35. The molecule has 0 aliphatic carbocycles. The van der Waals surface area contributed by atoms with Gasteiger partial charge in [0, 0.05) is 187 Å². The molecule has 7 atom stereocenters. The number of epoxide rings is 1. The Morgan fingerprint density at radius 1 is 0.362 bits per heavy atom. The second-order valence-corrected chi connectivity index (χ2v) is 44.1. The number of hydrogen-bond donors (Lipinski definition) is 16. The highest BCUT2D eigenvalue weighted by atomic mass is 35.5. The van der Waals surface area contributed by atoms with Gasteiger partial charge in [0.2, 0.25) is 0 Å². The van der Waals surface area contributed by atoms with Crippen LogP contribution in [0.25, 0.3) is 0 Å². The first kappa shape index (κ1) is 113. The van der Waals surface area contributed by atoms with Crippen LogP contribution in [-0.4, -0.2) is 224 Å². The minimum absolute atomic E-state index is 0. The number of thiocarbonyl (C=S) groups is 1. The molecule has 10 nitrogen and oxygen atoms in total. The Morgan fingerprint density at radius 2 is 0.578 bits per heavy atom. The van der Waals surface area contributed by atoms with Gasteiger partial charge in [-0.25, -0.2) is 0 Å². The zero-order valence-electron chi connectivity index (χ0n) is 63.1. The van der Waals surface area contributed by atoms with Gasteiger partial charge in [-0.2, -0.15) is 110 Å². The topological polar surface area (TPSA) is 206 Å². The lowest BCUT2D eigenvalue weighted by Crippen LogP contribution is -2.18. The van der Waals surface area contributed by atoms with Crippen LogP contribution in [-0.2, 0) is 4.74 Å². The molecule has 1 heterocycles. The van der Waals surface area contributed by atoms with Crippen LogP contribution in [0.4, 0.5) is 0 Å². The van der Waals surface area contributed by atoms with Crippen molar-refractivity contribution in [2.75, 3.05) is 142 Å². The Balaban J connectivity index is 0.000000505. The predicted molar refractivity (Wildman–Crippen MR) is 558 cm³/mol. The predicted octanol–water partition coefficient (Wildman–Crippen LogP) is 22.1. The maximum absolute atomic E-state index is 9.97. The first-order valence-corrected chi connectivity index (χ1v) is 55.4. The van der Waals surface area contributed by atoms with Crippen LogP contribution in [0.5, 0.6) is 0 Å². The molecule has 8 aromatic carbocycles. The molecule has 0 saturated carbocycles. The summed E-state index contributed by atoms with van der Waals surface area (Å²) in [4.78, 5) is 18.8. The monoisotopic (exact) mass is 2050 g/mol. The smallest absolute Gasteiger partial charge is 0.160 e. The van der Waals surface area contributed by atoms with Crippen molar-refractivity contribution in [2.24, 2.45) is 11.5 Å². The molecule has 11 N–H and O–H groups in total. The van der Waals surface area contributed by atoms with Crippen molar-refractivity contribution in [2.45, 2.75) is 127 Å². The maximum atomic E-state index is 9.97. The summed E-state index contributed by atoms with van der Waals surface area (Å²) in [6.45, 7) is 1.37. The molecular weight excluding hydrogens is 1940 g/mol. The van der Waals surface area contributed by atoms with Gasteiger partial charge in [0.25, 0.3) is 0 Å². The van der Waals surface area contributed by atoms with E-state index >= 15 is 0 Å². The Kier molecular flexibility index (Phi) is 72.6. The molecule has 1 aliphatic rings. The molecule has 0 amide bonds. The highest BCUT2D eigenvalue weighted by Crippen LogP contribution is 2.37. The van der Waals surface area contributed by atoms with Gasteiger partial charge in [-0.15, -0.1) is 131 Å². The van der Waals surface area contributed by atoms with Gasteiger partial charge >= 0.3 is 0 Å². The van der Waals surface area contributed by atoms with Gasteiger partial charge in [-0.05, 0) is 218 Å². The molecule has 1 saturated heterocycles. The van der Waals surface area contributed by atoms with Crippen LogP contribution in [0.15, 0.2) is 272 Å². The van der Waals surface area contributed by atoms with E-state index in [1.807, 2.05) is 83.1 Å². The number of rotatable bonds is 46. The van der Waals surface area contributed by atoms with Gasteiger partial charge in [-0.3, -0.25) is 0 Å². The molecule has 7 unspecified atom stereocenters. The molecule has 0 spiro atoms. The van der Waals surface area contributed by atoms with Crippen LogP contribution in [0.3, 0.4) is 0 Å². The largest absolute Gasteiger partial charge is 0.396 e. The third-order valence-electron chi connectivity index (χ3n) is 13.6. The molecule has 1 aliphatic heterocycles. The number of ether oxygens (including phenoxy) is 1. The summed E-state index contributed by atoms with van der Waals surface area (Å²) >= 11 is 74.7. The average molecular weight is 2050 g/mol. The van der Waals surface area contributed by atoms with E-state index in [9.17, 15) is 20.4 Å². The SMILES string of the molecule is C.ClCC1CO1.NC(N)=S.OC(CCl)CSc1ccc(Sc2ccc(SCC(O)CCl)cc2)cc1.OCCS.OCCSCC(O)CSc1ccc(Sc2ccc(SCC(O)CSCCO)cc2)cc1.SCCSC(CS)CSc1ccc(Sc2ccc(SCC(CS)SCCS)cc2)cc1.Sc1ccc(Sc2ccc(S)cc2)cc1. The van der Waals surface area contributed by atoms with E-state index in [4.69, 9.17) is 54.9 Å². The molecule has 0 radical (unpaired) electrons. The molecule has 0 bridgehead atoms. The van der Waals surface area contributed by atoms with Crippen molar-refractivity contribution in [3.8, 4) is 0 Å². The van der Waals surface area contributed by atoms with Gasteiger partial charge in [-0.1, -0.05) is 54.5 Å². The average Bonchev–Trinajstić information content (AvgIpc) is 1.71. The Labute approximate surface area is 809 Å². The minimum atomic E-state index is -0.470. The fourth-order valence-electron chi connectivity index (χ4n) is 8.00. The van der Waals surface area contributed by atoms with E-state index in [1.54, 1.807) is 106 Å². The summed E-state index contributed by atoms with van der Waals surface area (Å²) in [6, 6.07) is 67.4. The number of alkyl halides is 3. The molecule has 35 heteroatoms. The zero-order valence-corrected chi connectivity index (χ0v) is 83.8. The van der Waals surface area contributed by atoms with Crippen molar-refractivity contribution in [3.05, 3.63) is 194 Å². The van der Waals surface area contributed by atoms with Crippen molar-refractivity contribution < 1.29 is 40.5 Å². The van der Waals surface area contributed by atoms with Gasteiger partial charge in [0.15, 0.2) is 5.11 Å². The second-order valence-electron chi connectivity index (χ2n) is 23.4. The second kappa shape index (κ2) is 74.3. The number of aliphatic hydroxyl groups excluding tert-OH is 7. The molecule has 8 aromatic rings. The summed E-state index contributed by atoms with van der Waals surface area (Å²) in [5, 5.41) is 65.5. The quantitative estimate of drug-likeness (QED) is 0.00428. The van der Waals surface area contributed by atoms with Crippen LogP contribution in [0, 0.1) is 0 Å². The van der Waals surface area contributed by atoms with Crippen LogP contribution >= 0.6 is 300 Å². The Morgan fingerprint density at radius 3 is 0.759 bits per heavy atom. The molecule has 0 aromatic heterocycles. The summed E-state index contributed by atoms with van der Waals surface area (Å²) in [5.41, 5.74) is 9.24. The van der Waals surface area contributed by atoms with Crippen LogP contribution < -0.4 is 11.5 Å². The first-order chi connectivity index (χ1) is 55.7. The lowest BCUT2D eigenvalue weighted by atomic mass is 10.4. The summed E-state index contributed by atoms with van der Waals surface area (Å²) < 4.78 is 4.73. The van der Waals surface area contributed by atoms with Crippen molar-refractivity contribution in [1.29, 1.82) is 0 Å². The fraction of sp³-hybridized carbons (Fsp3) is 0.395. The number of halogens is 3. The highest BCUT2D eigenvalue weighted by molar-refractivity contribution is 8.05. The van der Waals surface area contributed by atoms with E-state index in [1.165, 1.54) is 49.0 Å². The third kappa shape index (κ3) is 59.4. The van der Waals surface area contributed by atoms with Crippen LogP contribution in [0.1, 0.15) is 7.43 Å². The summed E-state index contributed by atoms with van der Waals surface area (Å²) in [7, 11) is 0. The molecule has 9 rings (SSSR count). The molecule has 1 fully saturated rings. The van der Waals surface area contributed by atoms with Crippen LogP contribution in [0.2, 0.25) is 0 Å². The van der Waals surface area contributed by atoms with E-state index in [0.717, 1.165) is 82.0 Å². The van der Waals surface area contributed by atoms with Gasteiger partial charge < -0.3 is 51.9 Å². The van der Waals surface area contributed by atoms with E-state index in [-0.39, 0.29) is 56.3 Å².